The second kappa shape index (κ2) is 16.1. The number of esters is 4. The van der Waals surface area contributed by atoms with Crippen molar-refractivity contribution in [3.63, 3.8) is 0 Å². The van der Waals surface area contributed by atoms with Gasteiger partial charge in [-0.15, -0.1) is 0 Å². The summed E-state index contributed by atoms with van der Waals surface area (Å²) in [7, 11) is 1.10. The highest BCUT2D eigenvalue weighted by molar-refractivity contribution is 5.81. The first kappa shape index (κ1) is 33.0. The van der Waals surface area contributed by atoms with Crippen molar-refractivity contribution < 1.29 is 61.9 Å². The van der Waals surface area contributed by atoms with E-state index in [2.05, 4.69) is 10.6 Å². The van der Waals surface area contributed by atoms with Crippen LogP contribution in [0.2, 0.25) is 0 Å². The van der Waals surface area contributed by atoms with Crippen LogP contribution in [-0.2, 0) is 63.7 Å². The molecule has 0 saturated carbocycles. The Labute approximate surface area is 236 Å². The van der Waals surface area contributed by atoms with E-state index in [1.54, 1.807) is 30.3 Å². The molecule has 1 heterocycles. The predicted octanol–water partition coefficient (Wildman–Crippen LogP) is 0.127. The quantitative estimate of drug-likeness (QED) is 0.250. The standard InChI is InChI=1S/C26H34N2O13/c1-14(29)27-21-23(40-17(4)32)22(39-16(3)31)20(13-36-15(2)30)41-25(21)37-12-19(24(33)35-5)28-26(34)38-11-18-9-7-6-8-10-18/h6-10,19-23,25H,11-13H2,1-5H3,(H,27,29)(H,28,34). The molecular weight excluding hydrogens is 548 g/mol. The highest BCUT2D eigenvalue weighted by atomic mass is 16.7. The van der Waals surface area contributed by atoms with Crippen LogP contribution in [-0.4, -0.2) is 92.9 Å². The summed E-state index contributed by atoms with van der Waals surface area (Å²) in [5.41, 5.74) is 0.708. The first-order valence-electron chi connectivity index (χ1n) is 12.5. The van der Waals surface area contributed by atoms with Gasteiger partial charge in [0.1, 0.15) is 25.4 Å². The molecule has 2 rings (SSSR count). The Morgan fingerprint density at radius 3 is 2.07 bits per heavy atom. The zero-order valence-electron chi connectivity index (χ0n) is 23.3. The number of amides is 2. The number of ether oxygens (including phenoxy) is 7. The number of hydrogen-bond donors (Lipinski definition) is 2. The lowest BCUT2D eigenvalue weighted by Gasteiger charge is -2.45. The molecule has 41 heavy (non-hydrogen) atoms. The molecule has 0 radical (unpaired) electrons. The predicted molar refractivity (Wildman–Crippen MR) is 136 cm³/mol. The minimum atomic E-state index is -1.45. The number of benzene rings is 1. The second-order valence-corrected chi connectivity index (χ2v) is 8.84. The van der Waals surface area contributed by atoms with Crippen molar-refractivity contribution in [3.05, 3.63) is 35.9 Å². The van der Waals surface area contributed by atoms with Gasteiger partial charge in [-0.3, -0.25) is 19.2 Å². The third-order valence-corrected chi connectivity index (χ3v) is 5.49. The fraction of sp³-hybridized carbons (Fsp3) is 0.538. The summed E-state index contributed by atoms with van der Waals surface area (Å²) in [5, 5.41) is 4.86. The molecule has 1 aliphatic heterocycles. The van der Waals surface area contributed by atoms with Gasteiger partial charge < -0.3 is 43.8 Å². The van der Waals surface area contributed by atoms with Crippen molar-refractivity contribution in [2.75, 3.05) is 20.3 Å². The Hall–Kier alpha value is -4.24. The Morgan fingerprint density at radius 2 is 1.51 bits per heavy atom. The highest BCUT2D eigenvalue weighted by Crippen LogP contribution is 2.28. The first-order chi connectivity index (χ1) is 19.4. The minimum absolute atomic E-state index is 0.0722. The van der Waals surface area contributed by atoms with Gasteiger partial charge >= 0.3 is 30.0 Å². The molecule has 1 fully saturated rings. The topological polar surface area (TPSA) is 191 Å². The second-order valence-electron chi connectivity index (χ2n) is 8.84. The van der Waals surface area contributed by atoms with Crippen LogP contribution >= 0.6 is 0 Å². The number of hydrogen-bond acceptors (Lipinski definition) is 13. The first-order valence-corrected chi connectivity index (χ1v) is 12.5. The Morgan fingerprint density at radius 1 is 0.878 bits per heavy atom. The summed E-state index contributed by atoms with van der Waals surface area (Å²) in [4.78, 5) is 72.2. The molecule has 6 atom stereocenters. The number of methoxy groups -OCH3 is 1. The molecule has 0 aliphatic carbocycles. The van der Waals surface area contributed by atoms with Gasteiger partial charge in [0.15, 0.2) is 24.5 Å². The van der Waals surface area contributed by atoms with Crippen LogP contribution in [0.4, 0.5) is 4.79 Å². The van der Waals surface area contributed by atoms with Gasteiger partial charge in [-0.2, -0.15) is 0 Å². The molecule has 226 valence electrons. The third-order valence-electron chi connectivity index (χ3n) is 5.49. The number of nitrogens with one attached hydrogen (secondary N) is 2. The molecule has 6 unspecified atom stereocenters. The molecular formula is C26H34N2O13. The zero-order valence-corrected chi connectivity index (χ0v) is 23.3. The number of carbonyl (C=O) groups is 6. The summed E-state index contributed by atoms with van der Waals surface area (Å²) >= 11 is 0. The summed E-state index contributed by atoms with van der Waals surface area (Å²) in [5.74, 6) is -3.71. The van der Waals surface area contributed by atoms with Crippen molar-refractivity contribution in [3.8, 4) is 0 Å². The molecule has 2 amide bonds. The van der Waals surface area contributed by atoms with Crippen LogP contribution in [0, 0.1) is 0 Å². The molecule has 15 nitrogen and oxygen atoms in total. The molecule has 0 aromatic heterocycles. The average molecular weight is 583 g/mol. The van der Waals surface area contributed by atoms with Crippen LogP contribution in [0.15, 0.2) is 30.3 Å². The molecule has 0 bridgehead atoms. The van der Waals surface area contributed by atoms with Gasteiger partial charge in [-0.1, -0.05) is 30.3 Å². The van der Waals surface area contributed by atoms with Gasteiger partial charge in [-0.25, -0.2) is 9.59 Å². The molecule has 15 heteroatoms. The fourth-order valence-electron chi connectivity index (χ4n) is 3.84. The lowest BCUT2D eigenvalue weighted by atomic mass is 9.96. The summed E-state index contributed by atoms with van der Waals surface area (Å²) in [6.45, 7) is 3.45. The maximum atomic E-state index is 12.4. The van der Waals surface area contributed by atoms with E-state index in [-0.39, 0.29) is 6.61 Å². The van der Waals surface area contributed by atoms with E-state index >= 15 is 0 Å². The van der Waals surface area contributed by atoms with Crippen molar-refractivity contribution in [2.24, 2.45) is 0 Å². The van der Waals surface area contributed by atoms with Crippen LogP contribution in [0.1, 0.15) is 33.3 Å². The van der Waals surface area contributed by atoms with E-state index in [9.17, 15) is 28.8 Å². The molecule has 0 spiro atoms. The van der Waals surface area contributed by atoms with Gasteiger partial charge in [0.2, 0.25) is 5.91 Å². The normalized spacial score (nSPS) is 22.3. The molecule has 1 aliphatic rings. The average Bonchev–Trinajstić information content (AvgIpc) is 2.90. The summed E-state index contributed by atoms with van der Waals surface area (Å²) in [6, 6.07) is 6.15. The van der Waals surface area contributed by atoms with Crippen LogP contribution in [0.5, 0.6) is 0 Å². The van der Waals surface area contributed by atoms with E-state index in [0.29, 0.717) is 5.56 Å². The maximum absolute atomic E-state index is 12.4. The van der Waals surface area contributed by atoms with E-state index in [1.807, 2.05) is 0 Å². The Kier molecular flexibility index (Phi) is 13.0. The molecule has 2 N–H and O–H groups in total. The van der Waals surface area contributed by atoms with Crippen molar-refractivity contribution >= 4 is 35.9 Å². The van der Waals surface area contributed by atoms with Crippen LogP contribution in [0.3, 0.4) is 0 Å². The van der Waals surface area contributed by atoms with E-state index in [4.69, 9.17) is 33.2 Å². The SMILES string of the molecule is COC(=O)C(COC1OC(COC(C)=O)C(OC(C)=O)C(OC(C)=O)C1NC(C)=O)NC(=O)OCc1ccccc1. The fourth-order valence-corrected chi connectivity index (χ4v) is 3.84. The number of alkyl carbamates (subject to hydrolysis) is 1. The van der Waals surface area contributed by atoms with Gasteiger partial charge in [0.05, 0.1) is 13.7 Å². The monoisotopic (exact) mass is 582 g/mol. The van der Waals surface area contributed by atoms with Gasteiger partial charge in [0, 0.05) is 27.7 Å². The largest absolute Gasteiger partial charge is 0.467 e. The van der Waals surface area contributed by atoms with Crippen molar-refractivity contribution in [1.82, 2.24) is 10.6 Å². The van der Waals surface area contributed by atoms with Crippen molar-refractivity contribution in [2.45, 2.75) is 71.0 Å². The van der Waals surface area contributed by atoms with Crippen molar-refractivity contribution in [1.29, 1.82) is 0 Å². The van der Waals surface area contributed by atoms with Crippen LogP contribution in [0.25, 0.3) is 0 Å². The molecule has 1 saturated heterocycles. The van der Waals surface area contributed by atoms with E-state index < -0.39 is 85.8 Å². The lowest BCUT2D eigenvalue weighted by Crippen LogP contribution is -2.67. The molecule has 1 aromatic rings. The van der Waals surface area contributed by atoms with E-state index in [0.717, 1.165) is 27.9 Å². The highest BCUT2D eigenvalue weighted by Gasteiger charge is 2.51. The third kappa shape index (κ3) is 11.0. The Bertz CT molecular complexity index is 1080. The zero-order chi connectivity index (χ0) is 30.5. The Balaban J connectivity index is 2.27. The molecule has 1 aromatic carbocycles. The van der Waals surface area contributed by atoms with Crippen LogP contribution < -0.4 is 10.6 Å². The lowest BCUT2D eigenvalue weighted by molar-refractivity contribution is -0.278. The smallest absolute Gasteiger partial charge is 0.408 e. The van der Waals surface area contributed by atoms with Gasteiger partial charge in [-0.05, 0) is 5.56 Å². The van der Waals surface area contributed by atoms with Gasteiger partial charge in [0.25, 0.3) is 0 Å². The summed E-state index contributed by atoms with van der Waals surface area (Å²) < 4.78 is 37.3. The number of carbonyl (C=O) groups excluding carboxylic acids is 6. The minimum Gasteiger partial charge on any atom is -0.467 e. The summed E-state index contributed by atoms with van der Waals surface area (Å²) in [6.07, 6.45) is -6.31. The maximum Gasteiger partial charge on any atom is 0.408 e. The van der Waals surface area contributed by atoms with E-state index in [1.165, 1.54) is 6.92 Å². The number of rotatable bonds is 12.